The second-order valence-corrected chi connectivity index (χ2v) is 9.49. The highest BCUT2D eigenvalue weighted by atomic mass is 32.2. The highest BCUT2D eigenvalue weighted by Gasteiger charge is 2.37. The topological polar surface area (TPSA) is 85.1 Å². The van der Waals surface area contributed by atoms with Crippen LogP contribution in [0.2, 0.25) is 0 Å². The summed E-state index contributed by atoms with van der Waals surface area (Å²) in [5, 5.41) is 3.69. The van der Waals surface area contributed by atoms with Gasteiger partial charge in [0.2, 0.25) is 10.0 Å². The SMILES string of the molecule is Cc1cccc(C(NS(=O)(=O)c2cc(-c3ccno3)sc2C)C2CC2)n1. The summed E-state index contributed by atoms with van der Waals surface area (Å²) in [5.74, 6) is 0.866. The fourth-order valence-electron chi connectivity index (χ4n) is 2.99. The van der Waals surface area contributed by atoms with Crippen LogP contribution in [0.5, 0.6) is 0 Å². The number of nitrogens with zero attached hydrogens (tertiary/aromatic N) is 2. The Bertz CT molecular complexity index is 1020. The van der Waals surface area contributed by atoms with Crippen molar-refractivity contribution < 1.29 is 12.9 Å². The van der Waals surface area contributed by atoms with Gasteiger partial charge < -0.3 is 4.52 Å². The molecule has 1 atom stereocenters. The fourth-order valence-corrected chi connectivity index (χ4v) is 5.82. The molecule has 1 N–H and O–H groups in total. The van der Waals surface area contributed by atoms with Crippen molar-refractivity contribution in [3.63, 3.8) is 0 Å². The summed E-state index contributed by atoms with van der Waals surface area (Å²) < 4.78 is 34.1. The molecular weight excluding hydrogens is 370 g/mol. The fraction of sp³-hybridized carbons (Fsp3) is 0.333. The van der Waals surface area contributed by atoms with Gasteiger partial charge in [-0.05, 0) is 50.8 Å². The predicted molar refractivity (Wildman–Crippen MR) is 99.3 cm³/mol. The molecule has 8 heteroatoms. The minimum absolute atomic E-state index is 0.284. The van der Waals surface area contributed by atoms with Crippen LogP contribution in [0.25, 0.3) is 10.6 Å². The van der Waals surface area contributed by atoms with Gasteiger partial charge in [0.25, 0.3) is 0 Å². The normalized spacial score (nSPS) is 15.9. The Morgan fingerprint density at radius 2 is 2.08 bits per heavy atom. The lowest BCUT2D eigenvalue weighted by Crippen LogP contribution is -2.30. The Labute approximate surface area is 156 Å². The highest BCUT2D eigenvalue weighted by molar-refractivity contribution is 7.89. The highest BCUT2D eigenvalue weighted by Crippen LogP contribution is 2.42. The van der Waals surface area contributed by atoms with E-state index in [2.05, 4.69) is 14.9 Å². The zero-order valence-electron chi connectivity index (χ0n) is 14.5. The van der Waals surface area contributed by atoms with Crippen LogP contribution in [0.3, 0.4) is 0 Å². The first-order valence-corrected chi connectivity index (χ1v) is 10.7. The molecular formula is C18H19N3O3S2. The lowest BCUT2D eigenvalue weighted by Gasteiger charge is -2.18. The van der Waals surface area contributed by atoms with Gasteiger partial charge in [-0.25, -0.2) is 13.1 Å². The smallest absolute Gasteiger partial charge is 0.242 e. The average molecular weight is 390 g/mol. The summed E-state index contributed by atoms with van der Waals surface area (Å²) in [6.07, 6.45) is 3.56. The first kappa shape index (κ1) is 17.4. The summed E-state index contributed by atoms with van der Waals surface area (Å²) in [7, 11) is -3.67. The van der Waals surface area contributed by atoms with Crippen LogP contribution in [0.4, 0.5) is 0 Å². The molecule has 0 spiro atoms. The van der Waals surface area contributed by atoms with E-state index in [4.69, 9.17) is 4.52 Å². The van der Waals surface area contributed by atoms with Gasteiger partial charge in [0.15, 0.2) is 5.76 Å². The van der Waals surface area contributed by atoms with Crippen LogP contribution in [-0.4, -0.2) is 18.6 Å². The molecule has 6 nitrogen and oxygen atoms in total. The molecule has 0 saturated heterocycles. The molecule has 26 heavy (non-hydrogen) atoms. The molecule has 0 radical (unpaired) electrons. The molecule has 1 aliphatic carbocycles. The minimum atomic E-state index is -3.67. The number of aromatic nitrogens is 2. The zero-order valence-corrected chi connectivity index (χ0v) is 16.1. The third-order valence-corrected chi connectivity index (χ3v) is 7.21. The quantitative estimate of drug-likeness (QED) is 0.692. The van der Waals surface area contributed by atoms with E-state index in [1.165, 1.54) is 11.3 Å². The lowest BCUT2D eigenvalue weighted by atomic mass is 10.1. The Hall–Kier alpha value is -2.03. The van der Waals surface area contributed by atoms with Crippen LogP contribution < -0.4 is 4.72 Å². The van der Waals surface area contributed by atoms with E-state index in [1.54, 1.807) is 25.3 Å². The van der Waals surface area contributed by atoms with Crippen molar-refractivity contribution >= 4 is 21.4 Å². The molecule has 3 aromatic rings. The summed E-state index contributed by atoms with van der Waals surface area (Å²) in [6.45, 7) is 3.71. The van der Waals surface area contributed by atoms with Crippen molar-refractivity contribution in [3.05, 3.63) is 52.8 Å². The molecule has 0 aliphatic heterocycles. The maximum absolute atomic E-state index is 13.1. The van der Waals surface area contributed by atoms with Gasteiger partial charge >= 0.3 is 0 Å². The van der Waals surface area contributed by atoms with E-state index in [9.17, 15) is 8.42 Å². The largest absolute Gasteiger partial charge is 0.355 e. The van der Waals surface area contributed by atoms with Crippen LogP contribution in [-0.2, 0) is 10.0 Å². The van der Waals surface area contributed by atoms with Gasteiger partial charge in [0.05, 0.1) is 27.7 Å². The number of hydrogen-bond donors (Lipinski definition) is 1. The number of sulfonamides is 1. The third-order valence-electron chi connectivity index (χ3n) is 4.45. The van der Waals surface area contributed by atoms with Crippen molar-refractivity contribution in [1.82, 2.24) is 14.9 Å². The predicted octanol–water partition coefficient (Wildman–Crippen LogP) is 3.84. The molecule has 3 aromatic heterocycles. The van der Waals surface area contributed by atoms with E-state index in [0.717, 1.165) is 34.0 Å². The van der Waals surface area contributed by atoms with Gasteiger partial charge in [0, 0.05) is 16.6 Å². The van der Waals surface area contributed by atoms with E-state index in [0.29, 0.717) is 11.7 Å². The Balaban J connectivity index is 1.66. The summed E-state index contributed by atoms with van der Waals surface area (Å²) in [4.78, 5) is 6.28. The summed E-state index contributed by atoms with van der Waals surface area (Å²) >= 11 is 1.38. The average Bonchev–Trinajstić information content (AvgIpc) is 3.12. The van der Waals surface area contributed by atoms with E-state index >= 15 is 0 Å². The first-order valence-electron chi connectivity index (χ1n) is 8.41. The number of hydrogen-bond acceptors (Lipinski definition) is 6. The molecule has 1 unspecified atom stereocenters. The van der Waals surface area contributed by atoms with E-state index in [1.807, 2.05) is 25.1 Å². The Morgan fingerprint density at radius 1 is 1.27 bits per heavy atom. The molecule has 0 bridgehead atoms. The third kappa shape index (κ3) is 3.44. The maximum Gasteiger partial charge on any atom is 0.242 e. The lowest BCUT2D eigenvalue weighted by molar-refractivity contribution is 0.433. The summed E-state index contributed by atoms with van der Waals surface area (Å²) in [5.41, 5.74) is 1.66. The minimum Gasteiger partial charge on any atom is -0.355 e. The van der Waals surface area contributed by atoms with Crippen molar-refractivity contribution in [2.45, 2.75) is 37.6 Å². The monoisotopic (exact) mass is 389 g/mol. The molecule has 1 fully saturated rings. The number of nitrogens with one attached hydrogen (secondary N) is 1. The molecule has 3 heterocycles. The van der Waals surface area contributed by atoms with Crippen molar-refractivity contribution in [2.24, 2.45) is 5.92 Å². The number of rotatable bonds is 6. The van der Waals surface area contributed by atoms with E-state index in [-0.39, 0.29) is 10.9 Å². The van der Waals surface area contributed by atoms with Crippen molar-refractivity contribution in [2.75, 3.05) is 0 Å². The molecule has 136 valence electrons. The molecule has 4 rings (SSSR count). The number of aryl methyl sites for hydroxylation is 2. The van der Waals surface area contributed by atoms with Gasteiger partial charge in [-0.15, -0.1) is 11.3 Å². The first-order chi connectivity index (χ1) is 12.4. The molecule has 1 aliphatic rings. The van der Waals surface area contributed by atoms with Crippen LogP contribution in [0, 0.1) is 19.8 Å². The maximum atomic E-state index is 13.1. The van der Waals surface area contributed by atoms with Crippen LogP contribution >= 0.6 is 11.3 Å². The molecule has 1 saturated carbocycles. The van der Waals surface area contributed by atoms with Gasteiger partial charge in [-0.1, -0.05) is 11.2 Å². The second kappa shape index (κ2) is 6.61. The van der Waals surface area contributed by atoms with Crippen LogP contribution in [0.1, 0.15) is 35.1 Å². The van der Waals surface area contributed by atoms with Crippen LogP contribution in [0.15, 0.2) is 45.9 Å². The van der Waals surface area contributed by atoms with E-state index < -0.39 is 10.0 Å². The van der Waals surface area contributed by atoms with Gasteiger partial charge in [-0.2, -0.15) is 0 Å². The Kier molecular flexibility index (Phi) is 4.42. The van der Waals surface area contributed by atoms with Gasteiger partial charge in [0.1, 0.15) is 0 Å². The standard InChI is InChI=1S/C18H19N3O3S2/c1-11-4-3-5-14(20-11)18(13-6-7-13)21-26(22,23)17-10-16(25-12(17)2)15-8-9-19-24-15/h3-5,8-10,13,18,21H,6-7H2,1-2H3. The van der Waals surface area contributed by atoms with Crippen molar-refractivity contribution in [3.8, 4) is 10.6 Å². The van der Waals surface area contributed by atoms with Gasteiger partial charge in [-0.3, -0.25) is 4.98 Å². The number of pyridine rings is 1. The second-order valence-electron chi connectivity index (χ2n) is 6.55. The number of thiophene rings is 1. The van der Waals surface area contributed by atoms with Crippen molar-refractivity contribution in [1.29, 1.82) is 0 Å². The zero-order chi connectivity index (χ0) is 18.3. The molecule has 0 amide bonds. The Morgan fingerprint density at radius 3 is 2.73 bits per heavy atom. The summed E-state index contributed by atoms with van der Waals surface area (Å²) in [6, 6.07) is 8.79. The molecule has 0 aromatic carbocycles.